The van der Waals surface area contributed by atoms with E-state index >= 15 is 0 Å². The van der Waals surface area contributed by atoms with Gasteiger partial charge in [-0.15, -0.1) is 12.4 Å². The van der Waals surface area contributed by atoms with Gasteiger partial charge in [0.1, 0.15) is 5.69 Å². The van der Waals surface area contributed by atoms with E-state index in [1.54, 1.807) is 16.8 Å². The van der Waals surface area contributed by atoms with Crippen LogP contribution in [0.2, 0.25) is 0 Å². The zero-order valence-corrected chi connectivity index (χ0v) is 12.3. The zero-order valence-electron chi connectivity index (χ0n) is 11.5. The van der Waals surface area contributed by atoms with E-state index in [1.807, 2.05) is 20.2 Å². The summed E-state index contributed by atoms with van der Waals surface area (Å²) in [7, 11) is 1.87. The first-order chi connectivity index (χ1) is 9.10. The summed E-state index contributed by atoms with van der Waals surface area (Å²) in [6.45, 7) is 2.48. The van der Waals surface area contributed by atoms with Crippen molar-refractivity contribution in [1.29, 1.82) is 0 Å². The van der Waals surface area contributed by atoms with Crippen LogP contribution in [0.4, 0.5) is 5.69 Å². The van der Waals surface area contributed by atoms with E-state index in [1.165, 1.54) is 6.20 Å². The Labute approximate surface area is 123 Å². The van der Waals surface area contributed by atoms with E-state index in [0.717, 1.165) is 17.7 Å². The highest BCUT2D eigenvalue weighted by Crippen LogP contribution is 2.07. The Kier molecular flexibility index (Phi) is 5.52. The molecule has 2 aromatic rings. The van der Waals surface area contributed by atoms with Gasteiger partial charge in [-0.05, 0) is 18.6 Å². The normalized spacial score (nSPS) is 9.90. The number of anilines is 1. The van der Waals surface area contributed by atoms with Crippen LogP contribution in [0.3, 0.4) is 0 Å². The predicted octanol–water partition coefficient (Wildman–Crippen LogP) is 1.31. The van der Waals surface area contributed by atoms with Crippen molar-refractivity contribution in [1.82, 2.24) is 20.1 Å². The van der Waals surface area contributed by atoms with Crippen molar-refractivity contribution in [3.8, 4) is 0 Å². The molecule has 3 N–H and O–H groups in total. The van der Waals surface area contributed by atoms with Gasteiger partial charge in [0.25, 0.3) is 5.91 Å². The summed E-state index contributed by atoms with van der Waals surface area (Å²) >= 11 is 0. The van der Waals surface area contributed by atoms with E-state index in [2.05, 4.69) is 15.4 Å². The number of aryl methyl sites for hydroxylation is 2. The van der Waals surface area contributed by atoms with Gasteiger partial charge in [0.05, 0.1) is 17.6 Å². The van der Waals surface area contributed by atoms with Crippen LogP contribution in [0.1, 0.15) is 28.7 Å². The van der Waals surface area contributed by atoms with E-state index < -0.39 is 0 Å². The number of carbonyl (C=O) groups excluding carboxylic acids is 1. The van der Waals surface area contributed by atoms with Crippen LogP contribution < -0.4 is 11.1 Å². The quantitative estimate of drug-likeness (QED) is 0.890. The zero-order chi connectivity index (χ0) is 13.8. The third-order valence-electron chi connectivity index (χ3n) is 2.79. The molecule has 0 spiro atoms. The highest BCUT2D eigenvalue weighted by molar-refractivity contribution is 5.92. The number of hydrogen-bond donors (Lipinski definition) is 2. The second-order valence-corrected chi connectivity index (χ2v) is 4.29. The molecule has 0 unspecified atom stereocenters. The number of nitrogens with one attached hydrogen (secondary N) is 1. The number of nitrogens with two attached hydrogens (primary N) is 1. The van der Waals surface area contributed by atoms with E-state index in [-0.39, 0.29) is 18.3 Å². The number of halogens is 1. The highest BCUT2D eigenvalue weighted by atomic mass is 35.5. The molecule has 1 amide bonds. The van der Waals surface area contributed by atoms with E-state index in [9.17, 15) is 4.79 Å². The van der Waals surface area contributed by atoms with Gasteiger partial charge in [0.2, 0.25) is 0 Å². The summed E-state index contributed by atoms with van der Waals surface area (Å²) in [5, 5.41) is 7.15. The minimum Gasteiger partial charge on any atom is -0.397 e. The van der Waals surface area contributed by atoms with Crippen molar-refractivity contribution in [3.63, 3.8) is 0 Å². The van der Waals surface area contributed by atoms with Crippen molar-refractivity contribution in [2.45, 2.75) is 19.9 Å². The molecule has 0 aliphatic rings. The molecule has 2 rings (SSSR count). The molecule has 0 fully saturated rings. The molecule has 0 aromatic carbocycles. The van der Waals surface area contributed by atoms with E-state index in [0.29, 0.717) is 17.9 Å². The Morgan fingerprint density at radius 3 is 2.80 bits per heavy atom. The monoisotopic (exact) mass is 295 g/mol. The molecule has 0 aliphatic heterocycles. The minimum absolute atomic E-state index is 0. The van der Waals surface area contributed by atoms with Gasteiger partial charge < -0.3 is 11.1 Å². The first-order valence-electron chi connectivity index (χ1n) is 6.11. The Hall–Kier alpha value is -2.08. The number of carbonyl (C=O) groups is 1. The van der Waals surface area contributed by atoms with Crippen molar-refractivity contribution >= 4 is 24.0 Å². The molecule has 2 aromatic heterocycles. The van der Waals surface area contributed by atoms with Gasteiger partial charge >= 0.3 is 0 Å². The fraction of sp³-hybridized carbons (Fsp3) is 0.308. The van der Waals surface area contributed by atoms with Gasteiger partial charge in [0.15, 0.2) is 0 Å². The molecular weight excluding hydrogens is 278 g/mol. The summed E-state index contributed by atoms with van der Waals surface area (Å²) in [6.07, 6.45) is 4.22. The highest BCUT2D eigenvalue weighted by Gasteiger charge is 2.10. The summed E-state index contributed by atoms with van der Waals surface area (Å²) < 4.78 is 1.75. The number of amides is 1. The summed E-state index contributed by atoms with van der Waals surface area (Å²) in [5.41, 5.74) is 8.44. The lowest BCUT2D eigenvalue weighted by Gasteiger charge is -2.04. The maximum atomic E-state index is 11.9. The van der Waals surface area contributed by atoms with Crippen LogP contribution >= 0.6 is 12.4 Å². The van der Waals surface area contributed by atoms with Crippen molar-refractivity contribution < 1.29 is 4.79 Å². The molecule has 7 heteroatoms. The van der Waals surface area contributed by atoms with Gasteiger partial charge in [0, 0.05) is 25.4 Å². The smallest absolute Gasteiger partial charge is 0.270 e. The number of nitrogen functional groups attached to an aromatic ring is 1. The topological polar surface area (TPSA) is 85.8 Å². The fourth-order valence-corrected chi connectivity index (χ4v) is 1.83. The molecule has 0 atom stereocenters. The largest absolute Gasteiger partial charge is 0.397 e. The van der Waals surface area contributed by atoms with Crippen LogP contribution in [0, 0.1) is 0 Å². The number of hydrogen-bond acceptors (Lipinski definition) is 4. The third kappa shape index (κ3) is 3.71. The average Bonchev–Trinajstić information content (AvgIpc) is 2.77. The lowest BCUT2D eigenvalue weighted by Crippen LogP contribution is -2.24. The second kappa shape index (κ2) is 6.91. The Balaban J connectivity index is 0.00000200. The predicted molar refractivity (Wildman–Crippen MR) is 79.7 cm³/mol. The van der Waals surface area contributed by atoms with Crippen molar-refractivity contribution in [2.75, 3.05) is 5.73 Å². The lowest BCUT2D eigenvalue weighted by molar-refractivity contribution is 0.0946. The molecule has 0 aliphatic carbocycles. The standard InChI is InChI=1S/C13H17N5O.ClH/c1-3-11-9(8-18(2)17-11)6-16-13(19)12-5-4-10(14)7-15-12;/h4-5,7-8H,3,6,14H2,1-2H3,(H,16,19);1H. The molecule has 0 saturated heterocycles. The summed E-state index contributed by atoms with van der Waals surface area (Å²) in [4.78, 5) is 15.9. The molecule has 0 radical (unpaired) electrons. The van der Waals surface area contributed by atoms with Crippen LogP contribution in [0.5, 0.6) is 0 Å². The van der Waals surface area contributed by atoms with Crippen molar-refractivity contribution in [2.24, 2.45) is 7.05 Å². The first-order valence-corrected chi connectivity index (χ1v) is 6.11. The third-order valence-corrected chi connectivity index (χ3v) is 2.79. The lowest BCUT2D eigenvalue weighted by atomic mass is 10.2. The van der Waals surface area contributed by atoms with Gasteiger partial charge in [-0.3, -0.25) is 9.48 Å². The SMILES string of the molecule is CCc1nn(C)cc1CNC(=O)c1ccc(N)cn1.Cl. The molecule has 20 heavy (non-hydrogen) atoms. The van der Waals surface area contributed by atoms with E-state index in [4.69, 9.17) is 5.73 Å². The van der Waals surface area contributed by atoms with Gasteiger partial charge in [-0.25, -0.2) is 4.98 Å². The Morgan fingerprint density at radius 1 is 1.45 bits per heavy atom. The summed E-state index contributed by atoms with van der Waals surface area (Å²) in [6, 6.07) is 3.26. The molecule has 0 bridgehead atoms. The minimum atomic E-state index is -0.217. The Bertz CT molecular complexity index is 579. The molecule has 108 valence electrons. The number of rotatable bonds is 4. The molecule has 6 nitrogen and oxygen atoms in total. The fourth-order valence-electron chi connectivity index (χ4n) is 1.83. The maximum Gasteiger partial charge on any atom is 0.270 e. The second-order valence-electron chi connectivity index (χ2n) is 4.29. The van der Waals surface area contributed by atoms with Crippen LogP contribution in [-0.2, 0) is 20.0 Å². The summed E-state index contributed by atoms with van der Waals surface area (Å²) in [5.74, 6) is -0.217. The molecule has 2 heterocycles. The van der Waals surface area contributed by atoms with Crippen LogP contribution in [0.25, 0.3) is 0 Å². The first kappa shape index (κ1) is 16.0. The maximum absolute atomic E-state index is 11.9. The number of aromatic nitrogens is 3. The van der Waals surface area contributed by atoms with Crippen molar-refractivity contribution in [3.05, 3.63) is 41.5 Å². The van der Waals surface area contributed by atoms with Crippen LogP contribution in [0.15, 0.2) is 24.5 Å². The van der Waals surface area contributed by atoms with Crippen LogP contribution in [-0.4, -0.2) is 20.7 Å². The molecular formula is C13H18ClN5O. The number of nitrogens with zero attached hydrogens (tertiary/aromatic N) is 3. The number of pyridine rings is 1. The van der Waals surface area contributed by atoms with Gasteiger partial charge in [-0.1, -0.05) is 6.92 Å². The molecule has 0 saturated carbocycles. The van der Waals surface area contributed by atoms with Gasteiger partial charge in [-0.2, -0.15) is 5.10 Å². The average molecular weight is 296 g/mol. The Morgan fingerprint density at radius 2 is 2.20 bits per heavy atom.